The lowest BCUT2D eigenvalue weighted by Gasteiger charge is -2.25. The summed E-state index contributed by atoms with van der Waals surface area (Å²) in [6.45, 7) is 2.30. The number of aromatic nitrogens is 1. The predicted molar refractivity (Wildman–Crippen MR) is 121 cm³/mol. The number of carbonyl (C=O) groups excluding carboxylic acids is 1. The molecule has 0 aliphatic rings. The van der Waals surface area contributed by atoms with Crippen LogP contribution in [0.3, 0.4) is 0 Å². The Balaban J connectivity index is 1.46. The topological polar surface area (TPSA) is 45.2 Å². The van der Waals surface area contributed by atoms with Crippen molar-refractivity contribution in [3.05, 3.63) is 87.6 Å². The van der Waals surface area contributed by atoms with Crippen molar-refractivity contribution in [2.45, 2.75) is 19.0 Å². The lowest BCUT2D eigenvalue weighted by molar-refractivity contribution is -0.130. The highest BCUT2D eigenvalue weighted by Crippen LogP contribution is 2.29. The second kappa shape index (κ2) is 8.86. The fraction of sp³-hybridized carbons (Fsp3) is 0.217. The zero-order chi connectivity index (χ0) is 20.2. The number of nitrogens with zero attached hydrogens (tertiary/aromatic N) is 2. The molecule has 6 heteroatoms. The molecule has 0 unspecified atom stereocenters. The largest absolute Gasteiger partial charge is 0.335 e. The molecule has 0 saturated carbocycles. The number of hydrogen-bond acceptors (Lipinski definition) is 5. The number of likely N-dealkylation sites (N-methyl/N-ethyl adjacent to an activating group) is 1. The minimum atomic E-state index is -0.0707. The molecule has 1 N–H and O–H groups in total. The molecule has 0 spiro atoms. The SMILES string of the molecule is C[C@@H](c1nc2ccccc2s1)N(C)C(=O)CN[C@@H](c1ccccc1)c1cccs1. The van der Waals surface area contributed by atoms with Crippen LogP contribution >= 0.6 is 22.7 Å². The van der Waals surface area contributed by atoms with Crippen LogP contribution in [-0.4, -0.2) is 29.4 Å². The highest BCUT2D eigenvalue weighted by molar-refractivity contribution is 7.18. The number of fused-ring (bicyclic) bond motifs is 1. The Labute approximate surface area is 178 Å². The zero-order valence-electron chi connectivity index (χ0n) is 16.4. The molecule has 2 aromatic carbocycles. The van der Waals surface area contributed by atoms with Gasteiger partial charge in [0.15, 0.2) is 0 Å². The van der Waals surface area contributed by atoms with Crippen molar-refractivity contribution in [1.29, 1.82) is 0 Å². The molecule has 1 amide bonds. The third-order valence-electron chi connectivity index (χ3n) is 5.06. The summed E-state index contributed by atoms with van der Waals surface area (Å²) >= 11 is 3.34. The summed E-state index contributed by atoms with van der Waals surface area (Å²) in [6.07, 6.45) is 0. The van der Waals surface area contributed by atoms with E-state index in [-0.39, 0.29) is 24.5 Å². The predicted octanol–water partition coefficient (Wildman–Crippen LogP) is 5.26. The highest BCUT2D eigenvalue weighted by atomic mass is 32.1. The van der Waals surface area contributed by atoms with Crippen LogP contribution in [0.2, 0.25) is 0 Å². The van der Waals surface area contributed by atoms with E-state index in [0.29, 0.717) is 0 Å². The number of benzene rings is 2. The van der Waals surface area contributed by atoms with Crippen LogP contribution in [0.4, 0.5) is 0 Å². The van der Waals surface area contributed by atoms with Gasteiger partial charge in [-0.1, -0.05) is 48.5 Å². The molecule has 4 aromatic rings. The maximum Gasteiger partial charge on any atom is 0.236 e. The fourth-order valence-electron chi connectivity index (χ4n) is 3.25. The molecule has 0 saturated heterocycles. The van der Waals surface area contributed by atoms with Crippen LogP contribution in [0.5, 0.6) is 0 Å². The van der Waals surface area contributed by atoms with E-state index >= 15 is 0 Å². The van der Waals surface area contributed by atoms with Crippen LogP contribution in [-0.2, 0) is 4.79 Å². The number of rotatable bonds is 7. The Morgan fingerprint density at radius 2 is 1.83 bits per heavy atom. The third kappa shape index (κ3) is 4.40. The van der Waals surface area contributed by atoms with Crippen molar-refractivity contribution < 1.29 is 4.79 Å². The Kier molecular flexibility index (Phi) is 6.04. The van der Waals surface area contributed by atoms with E-state index in [1.165, 1.54) is 4.88 Å². The number of thiophene rings is 1. The first-order valence-corrected chi connectivity index (χ1v) is 11.3. The molecule has 4 rings (SSSR count). The third-order valence-corrected chi connectivity index (χ3v) is 7.20. The molecule has 0 radical (unpaired) electrons. The molecule has 0 bridgehead atoms. The molecular formula is C23H23N3OS2. The van der Waals surface area contributed by atoms with Crippen LogP contribution in [0.15, 0.2) is 72.1 Å². The Morgan fingerprint density at radius 3 is 2.55 bits per heavy atom. The van der Waals surface area contributed by atoms with E-state index in [1.54, 1.807) is 27.6 Å². The van der Waals surface area contributed by atoms with Crippen LogP contribution in [0.25, 0.3) is 10.2 Å². The lowest BCUT2D eigenvalue weighted by atomic mass is 10.1. The van der Waals surface area contributed by atoms with E-state index in [9.17, 15) is 4.79 Å². The second-order valence-corrected chi connectivity index (χ2v) is 8.98. The van der Waals surface area contributed by atoms with Gasteiger partial charge in [-0.3, -0.25) is 10.1 Å². The number of para-hydroxylation sites is 1. The standard InChI is InChI=1S/C23H23N3OS2/c1-16(23-25-18-11-6-7-12-19(18)29-23)26(2)21(27)15-24-22(20-13-8-14-28-20)17-9-4-3-5-10-17/h3-14,16,22,24H,15H2,1-2H3/t16-,22-/m0/s1. The van der Waals surface area contributed by atoms with Crippen molar-refractivity contribution in [3.8, 4) is 0 Å². The van der Waals surface area contributed by atoms with Gasteiger partial charge in [0.25, 0.3) is 0 Å². The van der Waals surface area contributed by atoms with Crippen LogP contribution in [0.1, 0.15) is 34.5 Å². The van der Waals surface area contributed by atoms with Gasteiger partial charge in [-0.25, -0.2) is 4.98 Å². The quantitative estimate of drug-likeness (QED) is 0.443. The molecule has 0 fully saturated rings. The summed E-state index contributed by atoms with van der Waals surface area (Å²) in [5.41, 5.74) is 2.14. The summed E-state index contributed by atoms with van der Waals surface area (Å²) < 4.78 is 1.15. The van der Waals surface area contributed by atoms with Crippen molar-refractivity contribution >= 4 is 38.8 Å². The highest BCUT2D eigenvalue weighted by Gasteiger charge is 2.22. The maximum absolute atomic E-state index is 12.9. The maximum atomic E-state index is 12.9. The average Bonchev–Trinajstić information content (AvgIpc) is 3.43. The molecule has 4 nitrogen and oxygen atoms in total. The summed E-state index contributed by atoms with van der Waals surface area (Å²) in [5.74, 6) is 0.0502. The lowest BCUT2D eigenvalue weighted by Crippen LogP contribution is -2.38. The van der Waals surface area contributed by atoms with Gasteiger partial charge >= 0.3 is 0 Å². The van der Waals surface area contributed by atoms with Crippen molar-refractivity contribution in [2.75, 3.05) is 13.6 Å². The van der Waals surface area contributed by atoms with Crippen LogP contribution < -0.4 is 5.32 Å². The summed E-state index contributed by atoms with van der Waals surface area (Å²) in [6, 6.07) is 22.4. The number of thiazole rings is 1. The first-order chi connectivity index (χ1) is 14.1. The normalized spacial score (nSPS) is 13.3. The van der Waals surface area contributed by atoms with Gasteiger partial charge in [-0.15, -0.1) is 22.7 Å². The van der Waals surface area contributed by atoms with E-state index in [4.69, 9.17) is 4.98 Å². The first-order valence-electron chi connectivity index (χ1n) is 9.56. The Hall–Kier alpha value is -2.54. The van der Waals surface area contributed by atoms with Crippen molar-refractivity contribution in [2.24, 2.45) is 0 Å². The van der Waals surface area contributed by atoms with E-state index in [0.717, 1.165) is 20.8 Å². The molecule has 0 aliphatic heterocycles. The average molecular weight is 422 g/mol. The number of hydrogen-bond donors (Lipinski definition) is 1. The van der Waals surface area contributed by atoms with Gasteiger partial charge < -0.3 is 4.90 Å². The van der Waals surface area contributed by atoms with Gasteiger partial charge in [-0.05, 0) is 36.1 Å². The molecular weight excluding hydrogens is 398 g/mol. The number of nitrogens with one attached hydrogen (secondary N) is 1. The molecule has 0 aliphatic carbocycles. The molecule has 2 atom stereocenters. The second-order valence-electron chi connectivity index (χ2n) is 6.94. The minimum absolute atomic E-state index is 0.00584. The molecule has 2 aromatic heterocycles. The molecule has 148 valence electrons. The van der Waals surface area contributed by atoms with Crippen molar-refractivity contribution in [1.82, 2.24) is 15.2 Å². The number of amides is 1. The van der Waals surface area contributed by atoms with E-state index in [1.807, 2.05) is 56.4 Å². The smallest absolute Gasteiger partial charge is 0.236 e. The minimum Gasteiger partial charge on any atom is -0.335 e. The number of carbonyl (C=O) groups is 1. The summed E-state index contributed by atoms with van der Waals surface area (Å²) in [5, 5.41) is 6.48. The summed E-state index contributed by atoms with van der Waals surface area (Å²) in [4.78, 5) is 20.6. The first kappa shape index (κ1) is 19.8. The molecule has 29 heavy (non-hydrogen) atoms. The summed E-state index contributed by atoms with van der Waals surface area (Å²) in [7, 11) is 1.85. The Morgan fingerprint density at radius 1 is 1.07 bits per heavy atom. The Bertz CT molecular complexity index is 1040. The van der Waals surface area contributed by atoms with Gasteiger partial charge in [-0.2, -0.15) is 0 Å². The van der Waals surface area contributed by atoms with E-state index in [2.05, 4.69) is 35.0 Å². The monoisotopic (exact) mass is 421 g/mol. The van der Waals surface area contributed by atoms with Crippen molar-refractivity contribution in [3.63, 3.8) is 0 Å². The van der Waals surface area contributed by atoms with Crippen LogP contribution in [0, 0.1) is 0 Å². The van der Waals surface area contributed by atoms with E-state index < -0.39 is 0 Å². The van der Waals surface area contributed by atoms with Gasteiger partial charge in [0.1, 0.15) is 5.01 Å². The van der Waals surface area contributed by atoms with Gasteiger partial charge in [0.05, 0.1) is 28.8 Å². The zero-order valence-corrected chi connectivity index (χ0v) is 18.0. The van der Waals surface area contributed by atoms with Gasteiger partial charge in [0.2, 0.25) is 5.91 Å². The molecule has 2 heterocycles. The fourth-order valence-corrected chi connectivity index (χ4v) is 5.14. The van der Waals surface area contributed by atoms with Gasteiger partial charge in [0, 0.05) is 11.9 Å².